The molecule has 5 nitrogen and oxygen atoms in total. The molecule has 4 rings (SSSR count). The van der Waals surface area contributed by atoms with Crippen LogP contribution in [0.3, 0.4) is 0 Å². The minimum atomic E-state index is 0.273. The van der Waals surface area contributed by atoms with E-state index in [1.54, 1.807) is 0 Å². The summed E-state index contributed by atoms with van der Waals surface area (Å²) >= 11 is 0. The van der Waals surface area contributed by atoms with Crippen LogP contribution in [0, 0.1) is 0 Å². The third kappa shape index (κ3) is 5.45. The van der Waals surface area contributed by atoms with Gasteiger partial charge in [-0.2, -0.15) is 0 Å². The van der Waals surface area contributed by atoms with Crippen LogP contribution in [0.15, 0.2) is 48.8 Å². The summed E-state index contributed by atoms with van der Waals surface area (Å²) in [7, 11) is 0. The lowest BCUT2D eigenvalue weighted by Gasteiger charge is -2.36. The number of aromatic nitrogens is 1. The Morgan fingerprint density at radius 1 is 1.10 bits per heavy atom. The van der Waals surface area contributed by atoms with Gasteiger partial charge in [0.25, 0.3) is 0 Å². The fraction of sp³-hybridized carbons (Fsp3) is 0.538. The summed E-state index contributed by atoms with van der Waals surface area (Å²) in [6.45, 7) is 7.10. The van der Waals surface area contributed by atoms with Crippen LogP contribution in [0.1, 0.15) is 57.1 Å². The maximum absolute atomic E-state index is 13.4. The molecule has 2 aliphatic heterocycles. The highest BCUT2D eigenvalue weighted by atomic mass is 16.2. The van der Waals surface area contributed by atoms with Crippen LogP contribution in [0.5, 0.6) is 0 Å². The van der Waals surface area contributed by atoms with Crippen molar-refractivity contribution in [1.82, 2.24) is 14.8 Å². The Morgan fingerprint density at radius 3 is 2.68 bits per heavy atom. The molecule has 5 heteroatoms. The predicted octanol–water partition coefficient (Wildman–Crippen LogP) is 4.49. The van der Waals surface area contributed by atoms with E-state index in [1.807, 2.05) is 24.5 Å². The molecule has 0 radical (unpaired) electrons. The fourth-order valence-electron chi connectivity index (χ4n) is 5.37. The van der Waals surface area contributed by atoms with E-state index in [0.29, 0.717) is 31.1 Å². The maximum Gasteiger partial charge on any atom is 0.222 e. The van der Waals surface area contributed by atoms with Crippen molar-refractivity contribution in [2.24, 2.45) is 0 Å². The van der Waals surface area contributed by atoms with Crippen LogP contribution in [-0.4, -0.2) is 51.9 Å². The number of nitrogens with zero attached hydrogens (tertiary/aromatic N) is 3. The van der Waals surface area contributed by atoms with Crippen molar-refractivity contribution in [3.05, 3.63) is 59.9 Å². The SMILES string of the molecule is CC(C)N1[C@H]2CCNc3ccccc3CN(C(=O)CCCc3ccncc3)C[C@@H]1CC2. The van der Waals surface area contributed by atoms with Gasteiger partial charge in [0, 0.05) is 62.3 Å². The molecule has 2 aromatic rings. The second-order valence-corrected chi connectivity index (χ2v) is 9.28. The van der Waals surface area contributed by atoms with Crippen molar-refractivity contribution in [3.8, 4) is 0 Å². The highest BCUT2D eigenvalue weighted by Gasteiger charge is 2.36. The molecule has 0 aliphatic carbocycles. The van der Waals surface area contributed by atoms with E-state index in [-0.39, 0.29) is 5.91 Å². The predicted molar refractivity (Wildman–Crippen MR) is 126 cm³/mol. The van der Waals surface area contributed by atoms with Crippen molar-refractivity contribution in [3.63, 3.8) is 0 Å². The number of hydrogen-bond donors (Lipinski definition) is 1. The van der Waals surface area contributed by atoms with Crippen LogP contribution in [0.25, 0.3) is 0 Å². The number of rotatable bonds is 5. The van der Waals surface area contributed by atoms with E-state index in [1.165, 1.54) is 29.7 Å². The zero-order chi connectivity index (χ0) is 21.6. The van der Waals surface area contributed by atoms with Crippen LogP contribution < -0.4 is 5.32 Å². The summed E-state index contributed by atoms with van der Waals surface area (Å²) in [5, 5.41) is 3.66. The van der Waals surface area contributed by atoms with Gasteiger partial charge in [0.15, 0.2) is 0 Å². The molecule has 1 amide bonds. The Morgan fingerprint density at radius 2 is 1.87 bits per heavy atom. The number of anilines is 1. The Hall–Kier alpha value is -2.40. The second-order valence-electron chi connectivity index (χ2n) is 9.28. The molecule has 166 valence electrons. The van der Waals surface area contributed by atoms with Gasteiger partial charge in [-0.15, -0.1) is 0 Å². The molecule has 1 saturated heterocycles. The second kappa shape index (κ2) is 10.3. The topological polar surface area (TPSA) is 48.5 Å². The van der Waals surface area contributed by atoms with E-state index in [4.69, 9.17) is 0 Å². The van der Waals surface area contributed by atoms with E-state index < -0.39 is 0 Å². The van der Waals surface area contributed by atoms with Crippen LogP contribution >= 0.6 is 0 Å². The highest BCUT2D eigenvalue weighted by Crippen LogP contribution is 2.31. The van der Waals surface area contributed by atoms with Crippen molar-refractivity contribution in [2.75, 3.05) is 18.4 Å². The first kappa shape index (κ1) is 21.8. The number of benzene rings is 1. The monoisotopic (exact) mass is 420 g/mol. The lowest BCUT2D eigenvalue weighted by atomic mass is 10.1. The Balaban J connectivity index is 1.51. The molecule has 0 spiro atoms. The number of nitrogens with one attached hydrogen (secondary N) is 1. The maximum atomic E-state index is 13.4. The zero-order valence-corrected chi connectivity index (χ0v) is 19.0. The average molecular weight is 421 g/mol. The molecule has 2 atom stereocenters. The Kier molecular flexibility index (Phi) is 7.23. The minimum absolute atomic E-state index is 0.273. The quantitative estimate of drug-likeness (QED) is 0.774. The molecule has 2 aliphatic rings. The molecule has 0 unspecified atom stereocenters. The zero-order valence-electron chi connectivity index (χ0n) is 19.0. The van der Waals surface area contributed by atoms with Gasteiger partial charge in [0.05, 0.1) is 0 Å². The number of carbonyl (C=O) groups is 1. The van der Waals surface area contributed by atoms with Gasteiger partial charge in [0.2, 0.25) is 5.91 Å². The summed E-state index contributed by atoms with van der Waals surface area (Å²) in [4.78, 5) is 22.3. The van der Waals surface area contributed by atoms with Gasteiger partial charge < -0.3 is 10.2 Å². The molecule has 1 fully saturated rings. The molecule has 1 aromatic heterocycles. The minimum Gasteiger partial charge on any atom is -0.385 e. The molecule has 31 heavy (non-hydrogen) atoms. The lowest BCUT2D eigenvalue weighted by molar-refractivity contribution is -0.132. The third-order valence-corrected chi connectivity index (χ3v) is 6.83. The van der Waals surface area contributed by atoms with Crippen molar-refractivity contribution in [1.29, 1.82) is 0 Å². The number of fused-ring (bicyclic) bond motifs is 3. The summed E-state index contributed by atoms with van der Waals surface area (Å²) in [6, 6.07) is 14.1. The van der Waals surface area contributed by atoms with E-state index in [0.717, 1.165) is 32.4 Å². The van der Waals surface area contributed by atoms with E-state index >= 15 is 0 Å². The standard InChI is InChI=1S/C26H36N4O/c1-20(2)30-23-10-11-24(30)19-29(18-22-7-3-4-8-25(22)28-17-14-23)26(31)9-5-6-21-12-15-27-16-13-21/h3-4,7-8,12-13,15-16,20,23-24,28H,5-6,9-11,14,17-19H2,1-2H3/t23-,24+/m1/s1. The van der Waals surface area contributed by atoms with Crippen molar-refractivity contribution in [2.45, 2.75) is 77.0 Å². The smallest absolute Gasteiger partial charge is 0.222 e. The first-order chi connectivity index (χ1) is 15.1. The number of amides is 1. The van der Waals surface area contributed by atoms with E-state index in [9.17, 15) is 4.79 Å². The lowest BCUT2D eigenvalue weighted by Crippen LogP contribution is -2.48. The Bertz CT molecular complexity index is 853. The molecule has 3 heterocycles. The normalized spacial score (nSPS) is 22.0. The van der Waals surface area contributed by atoms with Gasteiger partial charge in [-0.25, -0.2) is 0 Å². The van der Waals surface area contributed by atoms with Crippen LogP contribution in [-0.2, 0) is 17.8 Å². The highest BCUT2D eigenvalue weighted by molar-refractivity contribution is 5.76. The molecule has 0 saturated carbocycles. The van der Waals surface area contributed by atoms with Gasteiger partial charge in [0.1, 0.15) is 0 Å². The first-order valence-corrected chi connectivity index (χ1v) is 11.9. The fourth-order valence-corrected chi connectivity index (χ4v) is 5.37. The molecule has 2 bridgehead atoms. The number of pyridine rings is 1. The molecule has 1 aromatic carbocycles. The average Bonchev–Trinajstić information content (AvgIpc) is 3.16. The van der Waals surface area contributed by atoms with Gasteiger partial charge in [-0.05, 0) is 75.3 Å². The van der Waals surface area contributed by atoms with Gasteiger partial charge in [-0.3, -0.25) is 14.7 Å². The number of hydrogen-bond acceptors (Lipinski definition) is 4. The van der Waals surface area contributed by atoms with Crippen LogP contribution in [0.4, 0.5) is 5.69 Å². The third-order valence-electron chi connectivity index (χ3n) is 6.83. The summed E-state index contributed by atoms with van der Waals surface area (Å²) in [5.41, 5.74) is 3.64. The van der Waals surface area contributed by atoms with Crippen molar-refractivity contribution < 1.29 is 4.79 Å². The number of aryl methyl sites for hydroxylation is 1. The van der Waals surface area contributed by atoms with Gasteiger partial charge in [-0.1, -0.05) is 18.2 Å². The summed E-state index contributed by atoms with van der Waals surface area (Å²) in [5.74, 6) is 0.273. The van der Waals surface area contributed by atoms with Crippen molar-refractivity contribution >= 4 is 11.6 Å². The number of carbonyl (C=O) groups excluding carboxylic acids is 1. The molecular weight excluding hydrogens is 384 g/mol. The van der Waals surface area contributed by atoms with E-state index in [2.05, 4.69) is 58.2 Å². The van der Waals surface area contributed by atoms with Crippen LogP contribution in [0.2, 0.25) is 0 Å². The first-order valence-electron chi connectivity index (χ1n) is 11.9. The summed E-state index contributed by atoms with van der Waals surface area (Å²) < 4.78 is 0. The molecular formula is C26H36N4O. The van der Waals surface area contributed by atoms with Gasteiger partial charge >= 0.3 is 0 Å². The Labute approximate surface area is 186 Å². The largest absolute Gasteiger partial charge is 0.385 e. The summed E-state index contributed by atoms with van der Waals surface area (Å²) in [6.07, 6.45) is 9.61. The number of para-hydroxylation sites is 1. The molecule has 1 N–H and O–H groups in total.